The molecule has 2 heterocycles. The van der Waals surface area contributed by atoms with Crippen molar-refractivity contribution >= 4 is 0 Å². The minimum atomic E-state index is 0.543. The maximum Gasteiger partial charge on any atom is 0.130 e. The third-order valence-corrected chi connectivity index (χ3v) is 3.16. The molecule has 0 aliphatic carbocycles. The second kappa shape index (κ2) is 7.82. The SMILES string of the molecule is CNCc1oc(COCCCc2ccncc2)cc1C. The van der Waals surface area contributed by atoms with E-state index in [-0.39, 0.29) is 0 Å². The van der Waals surface area contributed by atoms with Gasteiger partial charge in [-0.05, 0) is 56.1 Å². The molecule has 20 heavy (non-hydrogen) atoms. The molecule has 0 atom stereocenters. The molecule has 108 valence electrons. The summed E-state index contributed by atoms with van der Waals surface area (Å²) in [7, 11) is 1.91. The van der Waals surface area contributed by atoms with Gasteiger partial charge < -0.3 is 14.5 Å². The molecular formula is C16H22N2O2. The van der Waals surface area contributed by atoms with Crippen LogP contribution in [0.25, 0.3) is 0 Å². The first kappa shape index (κ1) is 14.8. The number of aromatic nitrogens is 1. The van der Waals surface area contributed by atoms with Crippen LogP contribution in [-0.4, -0.2) is 18.6 Å². The highest BCUT2D eigenvalue weighted by Crippen LogP contribution is 2.15. The van der Waals surface area contributed by atoms with Gasteiger partial charge in [-0.2, -0.15) is 0 Å². The van der Waals surface area contributed by atoms with Crippen molar-refractivity contribution in [2.24, 2.45) is 0 Å². The van der Waals surface area contributed by atoms with Crippen LogP contribution in [0.3, 0.4) is 0 Å². The van der Waals surface area contributed by atoms with Crippen molar-refractivity contribution in [2.75, 3.05) is 13.7 Å². The molecule has 0 aliphatic heterocycles. The molecular weight excluding hydrogens is 252 g/mol. The molecule has 0 bridgehead atoms. The standard InChI is InChI=1S/C16H22N2O2/c1-13-10-15(20-16(13)11-17-2)12-19-9-3-4-14-5-7-18-8-6-14/h5-8,10,17H,3-4,9,11-12H2,1-2H3. The summed E-state index contributed by atoms with van der Waals surface area (Å²) in [6.07, 6.45) is 5.67. The molecule has 0 spiro atoms. The Hall–Kier alpha value is -1.65. The molecule has 4 nitrogen and oxygen atoms in total. The zero-order valence-corrected chi connectivity index (χ0v) is 12.2. The largest absolute Gasteiger partial charge is 0.462 e. The number of rotatable bonds is 8. The molecule has 0 aromatic carbocycles. The van der Waals surface area contributed by atoms with E-state index in [1.807, 2.05) is 31.6 Å². The van der Waals surface area contributed by atoms with Crippen LogP contribution < -0.4 is 5.32 Å². The molecule has 2 rings (SSSR count). The number of aryl methyl sites for hydroxylation is 2. The van der Waals surface area contributed by atoms with Crippen LogP contribution in [0.5, 0.6) is 0 Å². The third kappa shape index (κ3) is 4.47. The first-order chi connectivity index (χ1) is 9.79. The molecule has 1 N–H and O–H groups in total. The van der Waals surface area contributed by atoms with Crippen molar-refractivity contribution in [3.63, 3.8) is 0 Å². The highest BCUT2D eigenvalue weighted by Gasteiger charge is 2.06. The van der Waals surface area contributed by atoms with Gasteiger partial charge in [0.2, 0.25) is 0 Å². The number of nitrogens with zero attached hydrogens (tertiary/aromatic N) is 1. The molecule has 2 aromatic heterocycles. The van der Waals surface area contributed by atoms with Crippen LogP contribution in [0.1, 0.15) is 29.1 Å². The first-order valence-corrected chi connectivity index (χ1v) is 6.99. The molecule has 0 aliphatic rings. The maximum atomic E-state index is 5.72. The second-order valence-corrected chi connectivity index (χ2v) is 4.86. The monoisotopic (exact) mass is 274 g/mol. The number of hydrogen-bond donors (Lipinski definition) is 1. The van der Waals surface area contributed by atoms with E-state index in [2.05, 4.69) is 23.3 Å². The number of pyridine rings is 1. The van der Waals surface area contributed by atoms with Gasteiger partial charge in [-0.25, -0.2) is 0 Å². The second-order valence-electron chi connectivity index (χ2n) is 4.86. The Morgan fingerprint density at radius 2 is 2.10 bits per heavy atom. The Morgan fingerprint density at radius 1 is 1.30 bits per heavy atom. The van der Waals surface area contributed by atoms with E-state index in [9.17, 15) is 0 Å². The molecule has 2 aromatic rings. The lowest BCUT2D eigenvalue weighted by atomic mass is 10.1. The van der Waals surface area contributed by atoms with Crippen molar-refractivity contribution in [1.82, 2.24) is 10.3 Å². The first-order valence-electron chi connectivity index (χ1n) is 6.99. The number of ether oxygens (including phenoxy) is 1. The predicted octanol–water partition coefficient (Wildman–Crippen LogP) is 2.85. The summed E-state index contributed by atoms with van der Waals surface area (Å²) < 4.78 is 11.4. The number of hydrogen-bond acceptors (Lipinski definition) is 4. The Labute approximate surface area is 120 Å². The summed E-state index contributed by atoms with van der Waals surface area (Å²) in [5.74, 6) is 1.89. The summed E-state index contributed by atoms with van der Waals surface area (Å²) >= 11 is 0. The Balaban J connectivity index is 1.67. The lowest BCUT2D eigenvalue weighted by Gasteiger charge is -2.02. The van der Waals surface area contributed by atoms with Gasteiger partial charge in [-0.15, -0.1) is 0 Å². The normalized spacial score (nSPS) is 10.9. The average Bonchev–Trinajstić information content (AvgIpc) is 2.80. The highest BCUT2D eigenvalue weighted by molar-refractivity contribution is 5.19. The summed E-state index contributed by atoms with van der Waals surface area (Å²) in [6.45, 7) is 4.10. The quantitative estimate of drug-likeness (QED) is 0.752. The lowest BCUT2D eigenvalue weighted by molar-refractivity contribution is 0.103. The molecule has 0 saturated heterocycles. The summed E-state index contributed by atoms with van der Waals surface area (Å²) in [5, 5.41) is 3.09. The maximum absolute atomic E-state index is 5.72. The molecule has 0 saturated carbocycles. The van der Waals surface area contributed by atoms with Gasteiger partial charge in [0.25, 0.3) is 0 Å². The molecule has 4 heteroatoms. The van der Waals surface area contributed by atoms with E-state index in [0.717, 1.165) is 37.5 Å². The Bertz CT molecular complexity index is 508. The minimum Gasteiger partial charge on any atom is -0.462 e. The fourth-order valence-corrected chi connectivity index (χ4v) is 2.10. The van der Waals surface area contributed by atoms with Crippen LogP contribution >= 0.6 is 0 Å². The highest BCUT2D eigenvalue weighted by atomic mass is 16.5. The van der Waals surface area contributed by atoms with E-state index >= 15 is 0 Å². The zero-order chi connectivity index (χ0) is 14.2. The van der Waals surface area contributed by atoms with E-state index in [4.69, 9.17) is 9.15 Å². The zero-order valence-electron chi connectivity index (χ0n) is 12.2. The van der Waals surface area contributed by atoms with Crippen LogP contribution in [-0.2, 0) is 24.3 Å². The van der Waals surface area contributed by atoms with E-state index in [1.54, 1.807) is 0 Å². The van der Waals surface area contributed by atoms with Crippen LogP contribution in [0.15, 0.2) is 35.0 Å². The smallest absolute Gasteiger partial charge is 0.130 e. The van der Waals surface area contributed by atoms with E-state index < -0.39 is 0 Å². The van der Waals surface area contributed by atoms with Gasteiger partial charge in [0.1, 0.15) is 18.1 Å². The Kier molecular flexibility index (Phi) is 5.77. The van der Waals surface area contributed by atoms with Gasteiger partial charge >= 0.3 is 0 Å². The lowest BCUT2D eigenvalue weighted by Crippen LogP contribution is -2.04. The Morgan fingerprint density at radius 3 is 2.85 bits per heavy atom. The number of nitrogens with one attached hydrogen (secondary N) is 1. The van der Waals surface area contributed by atoms with Crippen LogP contribution in [0.4, 0.5) is 0 Å². The van der Waals surface area contributed by atoms with Gasteiger partial charge in [-0.1, -0.05) is 0 Å². The molecule has 0 unspecified atom stereocenters. The van der Waals surface area contributed by atoms with Crippen LogP contribution in [0.2, 0.25) is 0 Å². The van der Waals surface area contributed by atoms with Crippen LogP contribution in [0, 0.1) is 6.92 Å². The number of furan rings is 1. The third-order valence-electron chi connectivity index (χ3n) is 3.16. The molecule has 0 amide bonds. The van der Waals surface area contributed by atoms with Gasteiger partial charge in [-0.3, -0.25) is 4.98 Å². The van der Waals surface area contributed by atoms with Gasteiger partial charge in [0, 0.05) is 19.0 Å². The fourth-order valence-electron chi connectivity index (χ4n) is 2.10. The average molecular weight is 274 g/mol. The van der Waals surface area contributed by atoms with Crippen molar-refractivity contribution < 1.29 is 9.15 Å². The summed E-state index contributed by atoms with van der Waals surface area (Å²) in [4.78, 5) is 4.01. The minimum absolute atomic E-state index is 0.543. The summed E-state index contributed by atoms with van der Waals surface area (Å²) in [6, 6.07) is 6.13. The van der Waals surface area contributed by atoms with E-state index in [0.29, 0.717) is 6.61 Å². The summed E-state index contributed by atoms with van der Waals surface area (Å²) in [5.41, 5.74) is 2.48. The van der Waals surface area contributed by atoms with Crippen molar-refractivity contribution in [2.45, 2.75) is 32.9 Å². The van der Waals surface area contributed by atoms with Crippen molar-refractivity contribution in [1.29, 1.82) is 0 Å². The molecule has 0 fully saturated rings. The fraction of sp³-hybridized carbons (Fsp3) is 0.438. The predicted molar refractivity (Wildman–Crippen MR) is 78.4 cm³/mol. The topological polar surface area (TPSA) is 47.3 Å². The van der Waals surface area contributed by atoms with Gasteiger partial charge in [0.15, 0.2) is 0 Å². The molecule has 0 radical (unpaired) electrons. The van der Waals surface area contributed by atoms with Gasteiger partial charge in [0.05, 0.1) is 6.54 Å². The van der Waals surface area contributed by atoms with E-state index in [1.165, 1.54) is 11.1 Å². The van der Waals surface area contributed by atoms with Crippen molar-refractivity contribution in [3.8, 4) is 0 Å². The van der Waals surface area contributed by atoms with Crippen molar-refractivity contribution in [3.05, 3.63) is 53.2 Å².